The minimum Gasteiger partial charge on any atom is -0.356 e. The maximum atomic E-state index is 5.10. The van der Waals surface area contributed by atoms with Crippen LogP contribution in [-0.2, 0) is 6.54 Å². The molecule has 5 rings (SSSR count). The molecule has 148 valence electrons. The Bertz CT molecular complexity index is 951. The third kappa shape index (κ3) is 3.28. The van der Waals surface area contributed by atoms with Crippen LogP contribution < -0.4 is 4.90 Å². The zero-order valence-corrected chi connectivity index (χ0v) is 17.5. The Morgan fingerprint density at radius 3 is 2.57 bits per heavy atom. The molecule has 8 heteroatoms. The van der Waals surface area contributed by atoms with Crippen LogP contribution in [0.3, 0.4) is 0 Å². The molecule has 2 aliphatic heterocycles. The first-order valence-corrected chi connectivity index (χ1v) is 11.1. The molecule has 0 atom stereocenters. The monoisotopic (exact) mass is 397 g/mol. The van der Waals surface area contributed by atoms with E-state index in [2.05, 4.69) is 34.0 Å². The normalized spacial score (nSPS) is 19.1. The Hall–Kier alpha value is -2.06. The predicted octanol–water partition coefficient (Wildman–Crippen LogP) is 3.34. The largest absolute Gasteiger partial charge is 0.356 e. The van der Waals surface area contributed by atoms with Crippen LogP contribution in [0.2, 0.25) is 0 Å². The molecule has 7 nitrogen and oxygen atoms in total. The van der Waals surface area contributed by atoms with Crippen LogP contribution in [-0.4, -0.2) is 56.0 Å². The molecule has 0 unspecified atom stereocenters. The highest BCUT2D eigenvalue weighted by Crippen LogP contribution is 2.37. The maximum Gasteiger partial charge on any atom is 0.146 e. The molecule has 2 aliphatic rings. The second-order valence-electron chi connectivity index (χ2n) is 8.01. The third-order valence-electron chi connectivity index (χ3n) is 6.20. The van der Waals surface area contributed by atoms with Crippen LogP contribution in [0, 0.1) is 13.8 Å². The Balaban J connectivity index is 1.45. The number of aromatic nitrogens is 5. The molecule has 5 heterocycles. The molecule has 0 N–H and O–H groups in total. The molecule has 28 heavy (non-hydrogen) atoms. The lowest BCUT2D eigenvalue weighted by Gasteiger charge is -2.33. The minimum absolute atomic E-state index is 0.436. The summed E-state index contributed by atoms with van der Waals surface area (Å²) < 4.78 is 2.01. The third-order valence-corrected chi connectivity index (χ3v) is 7.30. The molecule has 2 saturated heterocycles. The van der Waals surface area contributed by atoms with Gasteiger partial charge in [-0.05, 0) is 58.2 Å². The highest BCUT2D eigenvalue weighted by molar-refractivity contribution is 7.18. The number of piperidine rings is 1. The number of hydrogen-bond acceptors (Lipinski definition) is 7. The summed E-state index contributed by atoms with van der Waals surface area (Å²) >= 11 is 1.81. The van der Waals surface area contributed by atoms with Crippen molar-refractivity contribution in [1.29, 1.82) is 0 Å². The first-order valence-electron chi connectivity index (χ1n) is 10.3. The topological polar surface area (TPSA) is 63.0 Å². The second kappa shape index (κ2) is 7.40. The first kappa shape index (κ1) is 18.0. The van der Waals surface area contributed by atoms with Gasteiger partial charge in [-0.3, -0.25) is 4.90 Å². The van der Waals surface area contributed by atoms with Crippen LogP contribution in [0.25, 0.3) is 10.2 Å². The Labute approximate surface area is 169 Å². The number of thiophene rings is 1. The van der Waals surface area contributed by atoms with Crippen molar-refractivity contribution in [3.8, 4) is 0 Å². The van der Waals surface area contributed by atoms with Gasteiger partial charge >= 0.3 is 0 Å². The molecule has 3 aromatic heterocycles. The summed E-state index contributed by atoms with van der Waals surface area (Å²) in [6.45, 7) is 9.60. The SMILES string of the molecule is Cc1sc2nc(CN3CCCC3)nc(N3CCC(n4ccnn4)CC3)c2c1C. The summed E-state index contributed by atoms with van der Waals surface area (Å²) in [6, 6.07) is 0.436. The molecule has 0 aromatic carbocycles. The number of rotatable bonds is 4. The fraction of sp³-hybridized carbons (Fsp3) is 0.600. The highest BCUT2D eigenvalue weighted by Gasteiger charge is 2.26. The van der Waals surface area contributed by atoms with Gasteiger partial charge in [0.25, 0.3) is 0 Å². The minimum atomic E-state index is 0.436. The van der Waals surface area contributed by atoms with Gasteiger partial charge in [0.2, 0.25) is 0 Å². The van der Waals surface area contributed by atoms with E-state index in [1.807, 2.05) is 22.2 Å². The van der Waals surface area contributed by atoms with E-state index in [1.54, 1.807) is 6.20 Å². The quantitative estimate of drug-likeness (QED) is 0.673. The average molecular weight is 398 g/mol. The molecule has 3 aromatic rings. The van der Waals surface area contributed by atoms with E-state index in [0.717, 1.165) is 48.9 Å². The number of likely N-dealkylation sites (tertiary alicyclic amines) is 1. The Morgan fingerprint density at radius 2 is 1.86 bits per heavy atom. The van der Waals surface area contributed by atoms with Crippen molar-refractivity contribution in [1.82, 2.24) is 29.9 Å². The van der Waals surface area contributed by atoms with Gasteiger partial charge in [-0.15, -0.1) is 16.4 Å². The van der Waals surface area contributed by atoms with Crippen molar-refractivity contribution < 1.29 is 0 Å². The molecular weight excluding hydrogens is 370 g/mol. The van der Waals surface area contributed by atoms with Crippen LogP contribution >= 0.6 is 11.3 Å². The lowest BCUT2D eigenvalue weighted by Crippen LogP contribution is -2.36. The number of nitrogens with zero attached hydrogens (tertiary/aromatic N) is 7. The molecular formula is C20H27N7S. The van der Waals surface area contributed by atoms with Crippen LogP contribution in [0.4, 0.5) is 5.82 Å². The van der Waals surface area contributed by atoms with Crippen LogP contribution in [0.5, 0.6) is 0 Å². The molecule has 0 radical (unpaired) electrons. The van der Waals surface area contributed by atoms with Gasteiger partial charge in [0.1, 0.15) is 16.5 Å². The van der Waals surface area contributed by atoms with E-state index >= 15 is 0 Å². The number of fused-ring (bicyclic) bond motifs is 1. The van der Waals surface area contributed by atoms with E-state index in [1.165, 1.54) is 41.8 Å². The van der Waals surface area contributed by atoms with E-state index < -0.39 is 0 Å². The molecule has 2 fully saturated rings. The predicted molar refractivity (Wildman–Crippen MR) is 112 cm³/mol. The first-order chi connectivity index (χ1) is 13.7. The summed E-state index contributed by atoms with van der Waals surface area (Å²) in [5, 5.41) is 9.42. The van der Waals surface area contributed by atoms with Gasteiger partial charge in [0.05, 0.1) is 24.2 Å². The average Bonchev–Trinajstić information content (AvgIpc) is 3.45. The lowest BCUT2D eigenvalue weighted by atomic mass is 10.0. The van der Waals surface area contributed by atoms with Gasteiger partial charge in [-0.25, -0.2) is 14.6 Å². The maximum absolute atomic E-state index is 5.10. The van der Waals surface area contributed by atoms with Gasteiger partial charge in [-0.2, -0.15) is 0 Å². The molecule has 0 bridgehead atoms. The Morgan fingerprint density at radius 1 is 1.07 bits per heavy atom. The standard InChI is InChI=1S/C20H27N7S/c1-14-15(2)28-20-18(14)19(22-17(23-20)13-25-8-3-4-9-25)26-10-5-16(6-11-26)27-12-7-21-24-27/h7,12,16H,3-6,8-11,13H2,1-2H3. The molecule has 0 aliphatic carbocycles. The van der Waals surface area contributed by atoms with Crippen molar-refractivity contribution in [2.45, 2.75) is 52.1 Å². The van der Waals surface area contributed by atoms with E-state index in [-0.39, 0.29) is 0 Å². The highest BCUT2D eigenvalue weighted by atomic mass is 32.1. The van der Waals surface area contributed by atoms with Gasteiger partial charge in [0, 0.05) is 24.2 Å². The van der Waals surface area contributed by atoms with Crippen molar-refractivity contribution in [3.05, 3.63) is 28.7 Å². The van der Waals surface area contributed by atoms with Gasteiger partial charge in [-0.1, -0.05) is 5.21 Å². The van der Waals surface area contributed by atoms with E-state index in [9.17, 15) is 0 Å². The summed E-state index contributed by atoms with van der Waals surface area (Å²) in [4.78, 5) is 17.5. The summed E-state index contributed by atoms with van der Waals surface area (Å²) in [5.41, 5.74) is 1.33. The Kier molecular flexibility index (Phi) is 4.76. The number of aryl methyl sites for hydroxylation is 2. The second-order valence-corrected chi connectivity index (χ2v) is 9.21. The van der Waals surface area contributed by atoms with E-state index in [4.69, 9.17) is 9.97 Å². The van der Waals surface area contributed by atoms with Gasteiger partial charge in [0.15, 0.2) is 0 Å². The van der Waals surface area contributed by atoms with Crippen LogP contribution in [0.15, 0.2) is 12.4 Å². The fourth-order valence-corrected chi connectivity index (χ4v) is 5.51. The zero-order chi connectivity index (χ0) is 19.1. The summed E-state index contributed by atoms with van der Waals surface area (Å²) in [6.07, 6.45) is 8.47. The summed E-state index contributed by atoms with van der Waals surface area (Å²) in [5.74, 6) is 2.11. The van der Waals surface area contributed by atoms with Crippen molar-refractivity contribution in [2.75, 3.05) is 31.1 Å². The molecule has 0 amide bonds. The smallest absolute Gasteiger partial charge is 0.146 e. The van der Waals surface area contributed by atoms with Crippen molar-refractivity contribution in [3.63, 3.8) is 0 Å². The van der Waals surface area contributed by atoms with Gasteiger partial charge < -0.3 is 4.90 Å². The fourth-order valence-electron chi connectivity index (χ4n) is 4.47. The zero-order valence-electron chi connectivity index (χ0n) is 16.6. The molecule has 0 spiro atoms. The van der Waals surface area contributed by atoms with Crippen LogP contribution in [0.1, 0.15) is 48.0 Å². The summed E-state index contributed by atoms with van der Waals surface area (Å²) in [7, 11) is 0. The van der Waals surface area contributed by atoms with Crippen molar-refractivity contribution in [2.24, 2.45) is 0 Å². The van der Waals surface area contributed by atoms with Crippen molar-refractivity contribution >= 4 is 27.4 Å². The molecule has 0 saturated carbocycles. The lowest BCUT2D eigenvalue weighted by molar-refractivity contribution is 0.322. The number of anilines is 1. The number of hydrogen-bond donors (Lipinski definition) is 0. The van der Waals surface area contributed by atoms with E-state index in [0.29, 0.717) is 6.04 Å².